The van der Waals surface area contributed by atoms with Gasteiger partial charge < -0.3 is 0 Å². The zero-order valence-electron chi connectivity index (χ0n) is 10.2. The molecule has 0 aliphatic heterocycles. The van der Waals surface area contributed by atoms with Crippen LogP contribution >= 0.6 is 11.8 Å². The van der Waals surface area contributed by atoms with E-state index in [1.54, 1.807) is 6.92 Å². The van der Waals surface area contributed by atoms with Crippen LogP contribution in [-0.4, -0.2) is 26.6 Å². The number of rotatable bonds is 3. The summed E-state index contributed by atoms with van der Waals surface area (Å²) in [5.74, 6) is -0.200. The minimum atomic E-state index is -4.46. The third-order valence-corrected chi connectivity index (χ3v) is 2.99. The van der Waals surface area contributed by atoms with Crippen LogP contribution in [0.4, 0.5) is 19.1 Å². The molecule has 106 valence electrons. The van der Waals surface area contributed by atoms with Crippen molar-refractivity contribution in [2.45, 2.75) is 17.3 Å². The monoisotopic (exact) mass is 302 g/mol. The minimum Gasteiger partial charge on any atom is -0.289 e. The number of carbonyl (C=O) groups is 1. The lowest BCUT2D eigenvalue weighted by Crippen LogP contribution is -2.15. The number of nitrogens with zero attached hydrogens (tertiary/aromatic N) is 2. The van der Waals surface area contributed by atoms with Crippen LogP contribution in [0.1, 0.15) is 16.2 Å². The zero-order chi connectivity index (χ0) is 14.8. The highest BCUT2D eigenvalue weighted by atomic mass is 32.2. The number of H-pyrrole nitrogens is 1. The third-order valence-electron chi connectivity index (χ3n) is 2.18. The van der Waals surface area contributed by atoms with Crippen LogP contribution in [-0.2, 0) is 0 Å². The van der Waals surface area contributed by atoms with Crippen LogP contribution in [0.25, 0.3) is 0 Å². The largest absolute Gasteiger partial charge is 0.446 e. The number of hydrogen-bond donors (Lipinski definition) is 2. The van der Waals surface area contributed by atoms with Crippen molar-refractivity contribution >= 4 is 23.6 Å². The molecule has 2 N–H and O–H groups in total. The van der Waals surface area contributed by atoms with Gasteiger partial charge in [-0.2, -0.15) is 18.2 Å². The number of halogens is 3. The molecule has 2 aromatic rings. The van der Waals surface area contributed by atoms with Gasteiger partial charge in [-0.3, -0.25) is 15.2 Å². The second-order valence-corrected chi connectivity index (χ2v) is 4.85. The first-order valence-electron chi connectivity index (χ1n) is 5.40. The molecule has 0 spiro atoms. The molecule has 9 heteroatoms. The molecule has 0 atom stereocenters. The number of aryl methyl sites for hydroxylation is 1. The third kappa shape index (κ3) is 3.73. The summed E-state index contributed by atoms with van der Waals surface area (Å²) >= 11 is -0.338. The Kier molecular flexibility index (Phi) is 3.98. The summed E-state index contributed by atoms with van der Waals surface area (Å²) in [4.78, 5) is 15.6. The molecule has 0 unspecified atom stereocenters. The van der Waals surface area contributed by atoms with Crippen LogP contribution < -0.4 is 5.32 Å². The van der Waals surface area contributed by atoms with Crippen LogP contribution in [0.15, 0.2) is 29.2 Å². The number of amides is 1. The summed E-state index contributed by atoms with van der Waals surface area (Å²) < 4.78 is 37.2. The Morgan fingerprint density at radius 1 is 1.35 bits per heavy atom. The van der Waals surface area contributed by atoms with E-state index in [9.17, 15) is 18.0 Å². The number of aromatic nitrogens is 3. The number of thioether (sulfide) groups is 1. The maximum Gasteiger partial charge on any atom is 0.446 e. The maximum atomic E-state index is 12.4. The average Bonchev–Trinajstić information content (AvgIpc) is 2.73. The fraction of sp³-hybridized carbons (Fsp3) is 0.182. The molecule has 0 radical (unpaired) electrons. The molecule has 20 heavy (non-hydrogen) atoms. The molecule has 1 aromatic heterocycles. The lowest BCUT2D eigenvalue weighted by atomic mass is 10.2. The first kappa shape index (κ1) is 14.4. The number of benzene rings is 1. The molecule has 0 aliphatic carbocycles. The number of carbonyl (C=O) groups excluding carboxylic acids is 1. The van der Waals surface area contributed by atoms with Gasteiger partial charge in [-0.15, -0.1) is 5.10 Å². The van der Waals surface area contributed by atoms with E-state index < -0.39 is 11.4 Å². The topological polar surface area (TPSA) is 70.7 Å². The van der Waals surface area contributed by atoms with E-state index in [0.29, 0.717) is 5.82 Å². The van der Waals surface area contributed by atoms with Crippen molar-refractivity contribution in [3.05, 3.63) is 35.7 Å². The van der Waals surface area contributed by atoms with Gasteiger partial charge in [-0.25, -0.2) is 0 Å². The second kappa shape index (κ2) is 5.53. The molecular formula is C11H9F3N4OS. The number of hydrogen-bond acceptors (Lipinski definition) is 4. The smallest absolute Gasteiger partial charge is 0.289 e. The van der Waals surface area contributed by atoms with Crippen LogP contribution in [0.3, 0.4) is 0 Å². The molecule has 1 aromatic carbocycles. The van der Waals surface area contributed by atoms with E-state index in [2.05, 4.69) is 20.5 Å². The van der Waals surface area contributed by atoms with Gasteiger partial charge in [0.15, 0.2) is 0 Å². The zero-order valence-corrected chi connectivity index (χ0v) is 11.0. The molecule has 0 saturated heterocycles. The van der Waals surface area contributed by atoms with Crippen molar-refractivity contribution in [2.24, 2.45) is 0 Å². The van der Waals surface area contributed by atoms with Gasteiger partial charge in [0.05, 0.1) is 5.56 Å². The van der Waals surface area contributed by atoms with Gasteiger partial charge in [-0.05, 0) is 30.8 Å². The quantitative estimate of drug-likeness (QED) is 0.855. The van der Waals surface area contributed by atoms with Gasteiger partial charge in [-0.1, -0.05) is 12.1 Å². The van der Waals surface area contributed by atoms with Crippen molar-refractivity contribution in [1.82, 2.24) is 15.2 Å². The van der Waals surface area contributed by atoms with Crippen molar-refractivity contribution in [1.29, 1.82) is 0 Å². The SMILES string of the molecule is Cc1nc(NC(=O)c2ccccc2SC(F)(F)F)n[nH]1. The van der Waals surface area contributed by atoms with Crippen LogP contribution in [0, 0.1) is 6.92 Å². The summed E-state index contributed by atoms with van der Waals surface area (Å²) in [6, 6.07) is 5.46. The predicted octanol–water partition coefficient (Wildman–Crippen LogP) is 2.98. The first-order chi connectivity index (χ1) is 9.35. The lowest BCUT2D eigenvalue weighted by Gasteiger charge is -2.09. The Morgan fingerprint density at radius 2 is 2.05 bits per heavy atom. The lowest BCUT2D eigenvalue weighted by molar-refractivity contribution is -0.0328. The van der Waals surface area contributed by atoms with Crippen molar-refractivity contribution in [3.63, 3.8) is 0 Å². The van der Waals surface area contributed by atoms with E-state index in [-0.39, 0.29) is 28.2 Å². The Morgan fingerprint density at radius 3 is 2.65 bits per heavy atom. The number of nitrogens with one attached hydrogen (secondary N) is 2. The number of alkyl halides is 3. The molecule has 2 rings (SSSR count). The molecule has 1 amide bonds. The van der Waals surface area contributed by atoms with E-state index in [0.717, 1.165) is 0 Å². The standard InChI is InChI=1S/C11H9F3N4OS/c1-6-15-10(18-17-6)16-9(19)7-4-2-3-5-8(7)20-11(12,13)14/h2-5H,1H3,(H2,15,16,17,18,19). The van der Waals surface area contributed by atoms with Crippen molar-refractivity contribution in [3.8, 4) is 0 Å². The highest BCUT2D eigenvalue weighted by Crippen LogP contribution is 2.38. The molecule has 0 fully saturated rings. The predicted molar refractivity (Wildman–Crippen MR) is 67.4 cm³/mol. The minimum absolute atomic E-state index is 0.0133. The molecule has 5 nitrogen and oxygen atoms in total. The summed E-state index contributed by atoms with van der Waals surface area (Å²) in [6.07, 6.45) is 0. The van der Waals surface area contributed by atoms with E-state index in [1.165, 1.54) is 24.3 Å². The Hall–Kier alpha value is -2.03. The van der Waals surface area contributed by atoms with Gasteiger partial charge in [0, 0.05) is 4.90 Å². The van der Waals surface area contributed by atoms with Crippen LogP contribution in [0.5, 0.6) is 0 Å². The van der Waals surface area contributed by atoms with Gasteiger partial charge in [0.25, 0.3) is 5.91 Å². The van der Waals surface area contributed by atoms with E-state index in [4.69, 9.17) is 0 Å². The number of aromatic amines is 1. The van der Waals surface area contributed by atoms with Gasteiger partial charge >= 0.3 is 5.51 Å². The van der Waals surface area contributed by atoms with E-state index in [1.807, 2.05) is 0 Å². The summed E-state index contributed by atoms with van der Waals surface area (Å²) in [6.45, 7) is 1.64. The summed E-state index contributed by atoms with van der Waals surface area (Å²) in [5, 5.41) is 8.54. The van der Waals surface area contributed by atoms with Gasteiger partial charge in [0.1, 0.15) is 5.82 Å². The Labute approximate surface area is 116 Å². The number of anilines is 1. The highest BCUT2D eigenvalue weighted by molar-refractivity contribution is 8.00. The highest BCUT2D eigenvalue weighted by Gasteiger charge is 2.31. The maximum absolute atomic E-state index is 12.4. The summed E-state index contributed by atoms with van der Waals surface area (Å²) in [5.41, 5.74) is -4.55. The molecular weight excluding hydrogens is 293 g/mol. The first-order valence-corrected chi connectivity index (χ1v) is 6.22. The molecule has 1 heterocycles. The van der Waals surface area contributed by atoms with Crippen molar-refractivity contribution < 1.29 is 18.0 Å². The normalized spacial score (nSPS) is 11.4. The molecule has 0 aliphatic rings. The van der Waals surface area contributed by atoms with Gasteiger partial charge in [0.2, 0.25) is 5.95 Å². The van der Waals surface area contributed by atoms with E-state index >= 15 is 0 Å². The second-order valence-electron chi connectivity index (χ2n) is 3.74. The summed E-state index contributed by atoms with van der Waals surface area (Å²) in [7, 11) is 0. The Bertz CT molecular complexity index is 626. The molecule has 0 bridgehead atoms. The Balaban J connectivity index is 2.21. The molecule has 0 saturated carbocycles. The average molecular weight is 302 g/mol. The van der Waals surface area contributed by atoms with Crippen molar-refractivity contribution in [2.75, 3.05) is 5.32 Å². The fourth-order valence-electron chi connectivity index (χ4n) is 1.44. The van der Waals surface area contributed by atoms with Crippen LogP contribution in [0.2, 0.25) is 0 Å². The fourth-order valence-corrected chi connectivity index (χ4v) is 2.10.